The van der Waals surface area contributed by atoms with Crippen molar-refractivity contribution in [3.8, 4) is 0 Å². The van der Waals surface area contributed by atoms with Crippen molar-refractivity contribution in [2.24, 2.45) is 0 Å². The average molecular weight is 375 g/mol. The minimum absolute atomic E-state index is 0.00267. The van der Waals surface area contributed by atoms with Gasteiger partial charge < -0.3 is 14.4 Å². The van der Waals surface area contributed by atoms with Crippen LogP contribution in [0, 0.1) is 5.82 Å². The Bertz CT molecular complexity index is 786. The molecule has 1 heterocycles. The van der Waals surface area contributed by atoms with Crippen LogP contribution in [0.4, 0.5) is 4.39 Å². The molecular formula is C20H22FNO5. The molecule has 1 aromatic carbocycles. The highest BCUT2D eigenvalue weighted by molar-refractivity contribution is 5.96. The van der Waals surface area contributed by atoms with Gasteiger partial charge in [0.2, 0.25) is 5.91 Å². The second kappa shape index (κ2) is 9.12. The molecule has 1 atom stereocenters. The van der Waals surface area contributed by atoms with Crippen molar-refractivity contribution >= 4 is 17.8 Å². The summed E-state index contributed by atoms with van der Waals surface area (Å²) in [6, 6.07) is 5.73. The number of hydrogen-bond donors (Lipinski definition) is 0. The predicted octanol–water partition coefficient (Wildman–Crippen LogP) is 2.71. The molecule has 0 N–H and O–H groups in total. The lowest BCUT2D eigenvalue weighted by molar-refractivity contribution is -0.149. The summed E-state index contributed by atoms with van der Waals surface area (Å²) in [6.07, 6.45) is 1.34. The lowest BCUT2D eigenvalue weighted by Gasteiger charge is -2.33. The zero-order chi connectivity index (χ0) is 20.0. The summed E-state index contributed by atoms with van der Waals surface area (Å²) in [4.78, 5) is 38.3. The van der Waals surface area contributed by atoms with Crippen LogP contribution in [-0.2, 0) is 23.9 Å². The van der Waals surface area contributed by atoms with E-state index in [1.807, 2.05) is 0 Å². The Labute approximate surface area is 157 Å². The monoisotopic (exact) mass is 375 g/mol. The van der Waals surface area contributed by atoms with Gasteiger partial charge in [0.05, 0.1) is 12.2 Å². The Morgan fingerprint density at radius 1 is 1.37 bits per heavy atom. The molecule has 1 aromatic rings. The summed E-state index contributed by atoms with van der Waals surface area (Å²) < 4.78 is 23.7. The van der Waals surface area contributed by atoms with Crippen LogP contribution in [0.3, 0.4) is 0 Å². The fourth-order valence-corrected chi connectivity index (χ4v) is 3.02. The standard InChI is InChI=1S/C20H22FNO5/c1-4-9-27-20(25)19-13(3)22(12-18(24)26-5-2)17(23)11-16(19)14-7-6-8-15(21)10-14/h4,6-8,10,16H,1,5,9,11-12H2,2-3H3. The Morgan fingerprint density at radius 3 is 2.74 bits per heavy atom. The summed E-state index contributed by atoms with van der Waals surface area (Å²) in [7, 11) is 0. The van der Waals surface area contributed by atoms with Crippen molar-refractivity contribution in [1.82, 2.24) is 4.90 Å². The largest absolute Gasteiger partial charge is 0.465 e. The third-order valence-corrected chi connectivity index (χ3v) is 4.22. The molecule has 0 aliphatic carbocycles. The van der Waals surface area contributed by atoms with Gasteiger partial charge >= 0.3 is 11.9 Å². The van der Waals surface area contributed by atoms with Crippen LogP contribution in [0.1, 0.15) is 31.7 Å². The van der Waals surface area contributed by atoms with Gasteiger partial charge in [-0.2, -0.15) is 0 Å². The molecule has 1 aliphatic rings. The first-order valence-electron chi connectivity index (χ1n) is 8.59. The highest BCUT2D eigenvalue weighted by Crippen LogP contribution is 2.37. The first-order chi connectivity index (χ1) is 12.9. The number of carbonyl (C=O) groups is 3. The van der Waals surface area contributed by atoms with Crippen molar-refractivity contribution in [2.75, 3.05) is 19.8 Å². The van der Waals surface area contributed by atoms with Gasteiger partial charge in [-0.05, 0) is 31.5 Å². The van der Waals surface area contributed by atoms with Crippen LogP contribution < -0.4 is 0 Å². The van der Waals surface area contributed by atoms with E-state index in [0.717, 1.165) is 0 Å². The fraction of sp³-hybridized carbons (Fsp3) is 0.350. The fourth-order valence-electron chi connectivity index (χ4n) is 3.02. The molecule has 2 rings (SSSR count). The summed E-state index contributed by atoms with van der Waals surface area (Å²) in [5.74, 6) is -2.69. The van der Waals surface area contributed by atoms with Crippen molar-refractivity contribution in [3.63, 3.8) is 0 Å². The third kappa shape index (κ3) is 4.81. The van der Waals surface area contributed by atoms with Crippen LogP contribution in [0.15, 0.2) is 48.2 Å². The molecule has 0 bridgehead atoms. The lowest BCUT2D eigenvalue weighted by Crippen LogP contribution is -2.41. The van der Waals surface area contributed by atoms with Crippen LogP contribution >= 0.6 is 0 Å². The van der Waals surface area contributed by atoms with E-state index in [-0.39, 0.29) is 37.7 Å². The minimum atomic E-state index is -0.663. The van der Waals surface area contributed by atoms with E-state index in [0.29, 0.717) is 11.3 Å². The number of amides is 1. The van der Waals surface area contributed by atoms with Gasteiger partial charge in [0.1, 0.15) is 19.0 Å². The predicted molar refractivity (Wildman–Crippen MR) is 96.0 cm³/mol. The number of rotatable bonds is 7. The van der Waals surface area contributed by atoms with Gasteiger partial charge in [-0.15, -0.1) is 0 Å². The number of halogens is 1. The second-order valence-corrected chi connectivity index (χ2v) is 5.98. The van der Waals surface area contributed by atoms with Crippen LogP contribution in [-0.4, -0.2) is 42.5 Å². The van der Waals surface area contributed by atoms with Gasteiger partial charge in [0, 0.05) is 18.0 Å². The van der Waals surface area contributed by atoms with Gasteiger partial charge in [0.15, 0.2) is 0 Å². The first kappa shape index (κ1) is 20.4. The Morgan fingerprint density at radius 2 is 2.11 bits per heavy atom. The summed E-state index contributed by atoms with van der Waals surface area (Å²) in [5, 5.41) is 0. The van der Waals surface area contributed by atoms with E-state index in [9.17, 15) is 18.8 Å². The number of nitrogens with zero attached hydrogens (tertiary/aromatic N) is 1. The van der Waals surface area contributed by atoms with E-state index in [1.165, 1.54) is 29.2 Å². The van der Waals surface area contributed by atoms with Gasteiger partial charge in [-0.3, -0.25) is 9.59 Å². The van der Waals surface area contributed by atoms with E-state index in [4.69, 9.17) is 9.47 Å². The summed E-state index contributed by atoms with van der Waals surface area (Å²) >= 11 is 0. The third-order valence-electron chi connectivity index (χ3n) is 4.22. The summed E-state index contributed by atoms with van der Waals surface area (Å²) in [6.45, 7) is 6.61. The molecule has 0 saturated heterocycles. The molecular weight excluding hydrogens is 353 g/mol. The van der Waals surface area contributed by atoms with Crippen LogP contribution in [0.2, 0.25) is 0 Å². The maximum absolute atomic E-state index is 13.7. The molecule has 1 amide bonds. The second-order valence-electron chi connectivity index (χ2n) is 5.98. The topological polar surface area (TPSA) is 72.9 Å². The van der Waals surface area contributed by atoms with Crippen LogP contribution in [0.5, 0.6) is 0 Å². The number of benzene rings is 1. The first-order valence-corrected chi connectivity index (χ1v) is 8.59. The van der Waals surface area contributed by atoms with Crippen LogP contribution in [0.25, 0.3) is 0 Å². The maximum atomic E-state index is 13.7. The molecule has 7 heteroatoms. The minimum Gasteiger partial charge on any atom is -0.465 e. The number of ether oxygens (including phenoxy) is 2. The smallest absolute Gasteiger partial charge is 0.336 e. The number of hydrogen-bond acceptors (Lipinski definition) is 5. The highest BCUT2D eigenvalue weighted by Gasteiger charge is 2.37. The van der Waals surface area contributed by atoms with E-state index in [2.05, 4.69) is 6.58 Å². The van der Waals surface area contributed by atoms with E-state index in [1.54, 1.807) is 19.9 Å². The van der Waals surface area contributed by atoms with Gasteiger partial charge in [-0.1, -0.05) is 24.8 Å². The Hall–Kier alpha value is -2.96. The average Bonchev–Trinajstić information content (AvgIpc) is 2.63. The number of allylic oxidation sites excluding steroid dienone is 1. The maximum Gasteiger partial charge on any atom is 0.336 e. The van der Waals surface area contributed by atoms with Gasteiger partial charge in [0.25, 0.3) is 0 Å². The van der Waals surface area contributed by atoms with Crippen molar-refractivity contribution in [3.05, 3.63) is 59.6 Å². The molecule has 0 saturated carbocycles. The summed E-state index contributed by atoms with van der Waals surface area (Å²) in [5.41, 5.74) is 0.998. The Balaban J connectivity index is 2.46. The van der Waals surface area contributed by atoms with Crippen molar-refractivity contribution in [2.45, 2.75) is 26.2 Å². The molecule has 27 heavy (non-hydrogen) atoms. The van der Waals surface area contributed by atoms with Gasteiger partial charge in [-0.25, -0.2) is 9.18 Å². The molecule has 144 valence electrons. The van der Waals surface area contributed by atoms with E-state index >= 15 is 0 Å². The quantitative estimate of drug-likeness (QED) is 0.541. The lowest BCUT2D eigenvalue weighted by atomic mass is 9.83. The van der Waals surface area contributed by atoms with Crippen molar-refractivity contribution in [1.29, 1.82) is 0 Å². The normalized spacial score (nSPS) is 16.9. The molecule has 1 unspecified atom stereocenters. The molecule has 0 spiro atoms. The zero-order valence-corrected chi connectivity index (χ0v) is 15.4. The highest BCUT2D eigenvalue weighted by atomic mass is 19.1. The SMILES string of the molecule is C=CCOC(=O)C1=C(C)N(CC(=O)OCC)C(=O)CC1c1cccc(F)c1. The molecule has 6 nitrogen and oxygen atoms in total. The number of carbonyl (C=O) groups excluding carboxylic acids is 3. The zero-order valence-electron chi connectivity index (χ0n) is 15.4. The molecule has 0 radical (unpaired) electrons. The number of esters is 2. The van der Waals surface area contributed by atoms with Crippen molar-refractivity contribution < 1.29 is 28.2 Å². The Kier molecular flexibility index (Phi) is 6.87. The molecule has 1 aliphatic heterocycles. The molecule has 0 fully saturated rings. The van der Waals surface area contributed by atoms with E-state index < -0.39 is 23.7 Å². The molecule has 0 aromatic heterocycles.